The number of aryl methyl sites for hydroxylation is 1. The van der Waals surface area contributed by atoms with Crippen LogP contribution < -0.4 is 5.32 Å². The Morgan fingerprint density at radius 2 is 1.97 bits per heavy atom. The van der Waals surface area contributed by atoms with Gasteiger partial charge in [0.1, 0.15) is 5.82 Å². The Kier molecular flexibility index (Phi) is 5.85. The average molecular weight is 439 g/mol. The molecule has 0 saturated heterocycles. The van der Waals surface area contributed by atoms with Crippen LogP contribution in [0.25, 0.3) is 5.69 Å². The van der Waals surface area contributed by atoms with Crippen molar-refractivity contribution < 1.29 is 23.5 Å². The van der Waals surface area contributed by atoms with Crippen molar-refractivity contribution in [3.63, 3.8) is 0 Å². The fraction of sp³-hybridized carbons (Fsp3) is 0.182. The second-order valence-corrected chi connectivity index (χ2v) is 7.63. The molecule has 9 heteroatoms. The van der Waals surface area contributed by atoms with Gasteiger partial charge in [-0.15, -0.1) is 0 Å². The molecule has 0 radical (unpaired) electrons. The Labute approximate surface area is 181 Å². The molecule has 0 atom stereocenters. The molecule has 1 aromatic heterocycles. The van der Waals surface area contributed by atoms with Crippen LogP contribution in [0.4, 0.5) is 10.1 Å². The van der Waals surface area contributed by atoms with Crippen molar-refractivity contribution in [2.24, 2.45) is 0 Å². The molecule has 3 aromatic rings. The summed E-state index contributed by atoms with van der Waals surface area (Å²) in [5.41, 5.74) is 2.66. The van der Waals surface area contributed by atoms with Gasteiger partial charge in [0.2, 0.25) is 5.91 Å². The van der Waals surface area contributed by atoms with Crippen LogP contribution in [0, 0.1) is 5.82 Å². The lowest BCUT2D eigenvalue weighted by molar-refractivity contribution is -0.116. The number of carbonyl (C=O) groups excluding carboxylic acids is 3. The zero-order valence-corrected chi connectivity index (χ0v) is 17.4. The topological polar surface area (TPSA) is 90.3 Å². The van der Waals surface area contributed by atoms with E-state index in [1.807, 2.05) is 0 Å². The van der Waals surface area contributed by atoms with Crippen molar-refractivity contribution in [3.8, 4) is 5.69 Å². The number of nitrogens with one attached hydrogen (secondary N) is 1. The number of rotatable bonds is 6. The summed E-state index contributed by atoms with van der Waals surface area (Å²) in [6.45, 7) is -0.437. The molecule has 0 bridgehead atoms. The monoisotopic (exact) mass is 439 g/mol. The van der Waals surface area contributed by atoms with Crippen molar-refractivity contribution in [2.45, 2.75) is 18.0 Å². The number of imidazole rings is 1. The lowest BCUT2D eigenvalue weighted by Crippen LogP contribution is -2.20. The van der Waals surface area contributed by atoms with Gasteiger partial charge in [0, 0.05) is 23.4 Å². The predicted molar refractivity (Wildman–Crippen MR) is 113 cm³/mol. The van der Waals surface area contributed by atoms with Gasteiger partial charge in [-0.1, -0.05) is 11.8 Å². The largest absolute Gasteiger partial charge is 0.453 e. The minimum absolute atomic E-state index is 0.0529. The summed E-state index contributed by atoms with van der Waals surface area (Å²) in [6.07, 6.45) is 4.09. The van der Waals surface area contributed by atoms with Crippen LogP contribution in [0.15, 0.2) is 53.8 Å². The molecule has 1 aliphatic heterocycles. The molecular weight excluding hydrogens is 421 g/mol. The maximum absolute atomic E-state index is 13.3. The maximum Gasteiger partial charge on any atom is 0.357 e. The molecule has 31 heavy (non-hydrogen) atoms. The van der Waals surface area contributed by atoms with Crippen LogP contribution in [0.1, 0.15) is 32.8 Å². The molecule has 0 spiro atoms. The highest BCUT2D eigenvalue weighted by molar-refractivity contribution is 7.98. The van der Waals surface area contributed by atoms with Crippen LogP contribution >= 0.6 is 11.8 Å². The zero-order chi connectivity index (χ0) is 22.0. The number of ether oxygens (including phenoxy) is 1. The van der Waals surface area contributed by atoms with Gasteiger partial charge < -0.3 is 10.1 Å². The van der Waals surface area contributed by atoms with E-state index in [2.05, 4.69) is 10.3 Å². The number of thioether (sulfide) groups is 1. The third-order valence-electron chi connectivity index (χ3n) is 4.86. The van der Waals surface area contributed by atoms with E-state index in [1.54, 1.807) is 29.0 Å². The number of esters is 1. The summed E-state index contributed by atoms with van der Waals surface area (Å²) in [7, 11) is 0. The minimum Gasteiger partial charge on any atom is -0.453 e. The fourth-order valence-corrected chi connectivity index (χ4v) is 3.85. The second kappa shape index (κ2) is 8.73. The maximum atomic E-state index is 13.3. The van der Waals surface area contributed by atoms with E-state index in [9.17, 15) is 18.8 Å². The van der Waals surface area contributed by atoms with E-state index in [4.69, 9.17) is 4.74 Å². The normalized spacial score (nSPS) is 12.8. The fourth-order valence-electron chi connectivity index (χ4n) is 3.31. The molecule has 1 N–H and O–H groups in total. The zero-order valence-electron chi connectivity index (χ0n) is 16.6. The molecule has 1 amide bonds. The Hall–Kier alpha value is -3.46. The van der Waals surface area contributed by atoms with E-state index < -0.39 is 18.4 Å². The molecule has 1 aliphatic rings. The van der Waals surface area contributed by atoms with Crippen LogP contribution in [-0.2, 0) is 16.0 Å². The van der Waals surface area contributed by atoms with Crippen molar-refractivity contribution in [1.29, 1.82) is 0 Å². The van der Waals surface area contributed by atoms with Crippen LogP contribution in [-0.4, -0.2) is 40.1 Å². The minimum atomic E-state index is -0.712. The predicted octanol–water partition coefficient (Wildman–Crippen LogP) is 3.66. The molecular formula is C22H18FN3O4S. The lowest BCUT2D eigenvalue weighted by atomic mass is 9.99. The number of amides is 1. The molecule has 158 valence electrons. The summed E-state index contributed by atoms with van der Waals surface area (Å²) >= 11 is 1.32. The number of Topliss-reactive ketones (excluding diaryl/α,β-unsaturated/α-hetero) is 1. The lowest BCUT2D eigenvalue weighted by Gasteiger charge is -2.17. The summed E-state index contributed by atoms with van der Waals surface area (Å²) < 4.78 is 20.1. The number of anilines is 1. The van der Waals surface area contributed by atoms with Gasteiger partial charge in [-0.05, 0) is 60.7 Å². The molecule has 0 aliphatic carbocycles. The highest BCUT2D eigenvalue weighted by Crippen LogP contribution is 2.25. The van der Waals surface area contributed by atoms with E-state index >= 15 is 0 Å². The van der Waals surface area contributed by atoms with E-state index in [1.165, 1.54) is 42.2 Å². The van der Waals surface area contributed by atoms with E-state index in [0.717, 1.165) is 5.56 Å². The summed E-state index contributed by atoms with van der Waals surface area (Å²) in [6, 6.07) is 10.6. The van der Waals surface area contributed by atoms with Gasteiger partial charge in [-0.3, -0.25) is 14.2 Å². The van der Waals surface area contributed by atoms with Gasteiger partial charge in [0.15, 0.2) is 23.2 Å². The molecule has 0 fully saturated rings. The Balaban J connectivity index is 1.49. The van der Waals surface area contributed by atoms with E-state index in [-0.39, 0.29) is 17.4 Å². The first-order valence-corrected chi connectivity index (χ1v) is 10.7. The van der Waals surface area contributed by atoms with Gasteiger partial charge in [-0.25, -0.2) is 14.2 Å². The second-order valence-electron chi connectivity index (χ2n) is 6.86. The molecule has 0 unspecified atom stereocenters. The number of aromatic nitrogens is 2. The van der Waals surface area contributed by atoms with Crippen LogP contribution in [0.5, 0.6) is 0 Å². The molecule has 7 nitrogen and oxygen atoms in total. The standard InChI is InChI=1S/C22H18FN3O4S/c1-31-22-24-11-18(26(22)16-6-4-15(23)5-7-16)21(29)30-12-19(27)14-2-8-17-13(10-14)3-9-20(28)25-17/h2,4-8,10-11H,3,9,12H2,1H3,(H,25,28). The summed E-state index contributed by atoms with van der Waals surface area (Å²) in [5, 5.41) is 3.29. The first-order valence-electron chi connectivity index (χ1n) is 9.47. The average Bonchev–Trinajstić information content (AvgIpc) is 3.21. The van der Waals surface area contributed by atoms with Gasteiger partial charge >= 0.3 is 5.97 Å². The van der Waals surface area contributed by atoms with Crippen molar-refractivity contribution >= 4 is 35.1 Å². The number of halogens is 1. The third kappa shape index (κ3) is 4.36. The molecule has 2 heterocycles. The first kappa shape index (κ1) is 20.8. The van der Waals surface area contributed by atoms with Gasteiger partial charge in [0.05, 0.1) is 6.20 Å². The number of nitrogens with zero attached hydrogens (tertiary/aromatic N) is 2. The van der Waals surface area contributed by atoms with E-state index in [0.29, 0.717) is 34.9 Å². The quantitative estimate of drug-likeness (QED) is 0.358. The highest BCUT2D eigenvalue weighted by atomic mass is 32.2. The molecule has 0 saturated carbocycles. The molecule has 4 rings (SSSR count). The number of ketones is 1. The number of fused-ring (bicyclic) bond motifs is 1. The van der Waals surface area contributed by atoms with Crippen molar-refractivity contribution in [3.05, 3.63) is 71.3 Å². The van der Waals surface area contributed by atoms with Crippen molar-refractivity contribution in [2.75, 3.05) is 18.2 Å². The van der Waals surface area contributed by atoms with Gasteiger partial charge in [0.25, 0.3) is 0 Å². The summed E-state index contributed by atoms with van der Waals surface area (Å²) in [5.74, 6) is -1.52. The highest BCUT2D eigenvalue weighted by Gasteiger charge is 2.21. The molecule has 2 aromatic carbocycles. The number of hydrogen-bond acceptors (Lipinski definition) is 6. The van der Waals surface area contributed by atoms with Crippen LogP contribution in [0.2, 0.25) is 0 Å². The Bertz CT molecular complexity index is 1170. The van der Waals surface area contributed by atoms with Crippen LogP contribution in [0.3, 0.4) is 0 Å². The number of benzene rings is 2. The van der Waals surface area contributed by atoms with Gasteiger partial charge in [-0.2, -0.15) is 0 Å². The Morgan fingerprint density at radius 3 is 2.71 bits per heavy atom. The first-order chi connectivity index (χ1) is 15.0. The third-order valence-corrected chi connectivity index (χ3v) is 5.52. The smallest absolute Gasteiger partial charge is 0.357 e. The number of hydrogen-bond donors (Lipinski definition) is 1. The SMILES string of the molecule is CSc1ncc(C(=O)OCC(=O)c2ccc3c(c2)CCC(=O)N3)n1-c1ccc(F)cc1. The summed E-state index contributed by atoms with van der Waals surface area (Å²) in [4.78, 5) is 40.9. The van der Waals surface area contributed by atoms with Crippen molar-refractivity contribution in [1.82, 2.24) is 9.55 Å². The Morgan fingerprint density at radius 1 is 1.19 bits per heavy atom. The number of carbonyl (C=O) groups is 3.